The second-order valence-corrected chi connectivity index (χ2v) is 3.30. The number of aromatic carboxylic acids is 1. The number of benzene rings is 1. The second-order valence-electron chi connectivity index (χ2n) is 3.30. The van der Waals surface area contributed by atoms with E-state index >= 15 is 0 Å². The van der Waals surface area contributed by atoms with Gasteiger partial charge in [-0.2, -0.15) is 0 Å². The molecule has 1 aromatic carbocycles. The minimum absolute atomic E-state index is 0.101. The minimum Gasteiger partial charge on any atom is -0.478 e. The summed E-state index contributed by atoms with van der Waals surface area (Å²) in [6.07, 6.45) is 1.26. The Labute approximate surface area is 100 Å². The number of carbonyl (C=O) groups excluding carboxylic acids is 1. The zero-order valence-corrected chi connectivity index (χ0v) is 8.88. The fourth-order valence-corrected chi connectivity index (χ4v) is 1.36. The SMILES string of the molecule is O=C(Nc1cccc(F)c1C(=O)O)c1ccno1. The molecular weight excluding hydrogens is 243 g/mol. The van der Waals surface area contributed by atoms with E-state index in [-0.39, 0.29) is 11.4 Å². The number of carbonyl (C=O) groups is 2. The zero-order valence-electron chi connectivity index (χ0n) is 8.88. The average Bonchev–Trinajstić information content (AvgIpc) is 2.81. The number of rotatable bonds is 3. The predicted octanol–water partition coefficient (Wildman–Crippen LogP) is 1.76. The Morgan fingerprint density at radius 1 is 1.33 bits per heavy atom. The highest BCUT2D eigenvalue weighted by Crippen LogP contribution is 2.19. The van der Waals surface area contributed by atoms with Crippen LogP contribution in [0.4, 0.5) is 10.1 Å². The van der Waals surface area contributed by atoms with Crippen molar-refractivity contribution in [3.63, 3.8) is 0 Å². The lowest BCUT2D eigenvalue weighted by Crippen LogP contribution is -2.15. The summed E-state index contributed by atoms with van der Waals surface area (Å²) < 4.78 is 17.9. The van der Waals surface area contributed by atoms with Gasteiger partial charge in [-0.3, -0.25) is 4.79 Å². The number of carboxylic acids is 1. The van der Waals surface area contributed by atoms with Crippen LogP contribution in [0, 0.1) is 5.82 Å². The summed E-state index contributed by atoms with van der Waals surface area (Å²) in [6, 6.07) is 4.86. The quantitative estimate of drug-likeness (QED) is 0.865. The van der Waals surface area contributed by atoms with Crippen LogP contribution in [0.25, 0.3) is 0 Å². The van der Waals surface area contributed by atoms with E-state index in [1.54, 1.807) is 0 Å². The fraction of sp³-hybridized carbons (Fsp3) is 0. The molecular formula is C11H7FN2O4. The van der Waals surface area contributed by atoms with Gasteiger partial charge in [0.2, 0.25) is 5.76 Å². The molecule has 0 bridgehead atoms. The molecule has 1 amide bonds. The van der Waals surface area contributed by atoms with Crippen LogP contribution in [0.2, 0.25) is 0 Å². The number of hydrogen-bond donors (Lipinski definition) is 2. The number of amides is 1. The van der Waals surface area contributed by atoms with Gasteiger partial charge in [-0.25, -0.2) is 9.18 Å². The molecule has 0 aliphatic rings. The Morgan fingerprint density at radius 2 is 2.11 bits per heavy atom. The van der Waals surface area contributed by atoms with Crippen molar-refractivity contribution in [3.05, 3.63) is 47.6 Å². The molecule has 7 heteroatoms. The van der Waals surface area contributed by atoms with Gasteiger partial charge in [-0.15, -0.1) is 0 Å². The average molecular weight is 250 g/mol. The van der Waals surface area contributed by atoms with Gasteiger partial charge in [0, 0.05) is 6.07 Å². The van der Waals surface area contributed by atoms with E-state index in [4.69, 9.17) is 5.11 Å². The second kappa shape index (κ2) is 4.66. The van der Waals surface area contributed by atoms with Gasteiger partial charge >= 0.3 is 5.97 Å². The first-order valence-electron chi connectivity index (χ1n) is 4.83. The highest BCUT2D eigenvalue weighted by atomic mass is 19.1. The molecule has 0 aliphatic carbocycles. The Kier molecular flexibility index (Phi) is 3.05. The Bertz CT molecular complexity index is 595. The first-order chi connectivity index (χ1) is 8.59. The van der Waals surface area contributed by atoms with Crippen LogP contribution < -0.4 is 5.32 Å². The van der Waals surface area contributed by atoms with Crippen LogP contribution in [-0.4, -0.2) is 22.1 Å². The summed E-state index contributed by atoms with van der Waals surface area (Å²) in [5.74, 6) is -3.21. The van der Waals surface area contributed by atoms with Crippen molar-refractivity contribution in [1.82, 2.24) is 5.16 Å². The van der Waals surface area contributed by atoms with Crippen LogP contribution in [-0.2, 0) is 0 Å². The third-order valence-electron chi connectivity index (χ3n) is 2.14. The van der Waals surface area contributed by atoms with Gasteiger partial charge < -0.3 is 14.9 Å². The first-order valence-corrected chi connectivity index (χ1v) is 4.83. The van der Waals surface area contributed by atoms with E-state index in [9.17, 15) is 14.0 Å². The molecule has 6 nitrogen and oxygen atoms in total. The fourth-order valence-electron chi connectivity index (χ4n) is 1.36. The van der Waals surface area contributed by atoms with Crippen molar-refractivity contribution >= 4 is 17.6 Å². The zero-order chi connectivity index (χ0) is 13.1. The summed E-state index contributed by atoms with van der Waals surface area (Å²) in [5.41, 5.74) is -0.755. The van der Waals surface area contributed by atoms with Gasteiger partial charge in [0.25, 0.3) is 5.91 Å². The monoisotopic (exact) mass is 250 g/mol. The highest BCUT2D eigenvalue weighted by Gasteiger charge is 2.18. The molecule has 0 saturated heterocycles. The summed E-state index contributed by atoms with van der Waals surface area (Å²) >= 11 is 0. The summed E-state index contributed by atoms with van der Waals surface area (Å²) in [7, 11) is 0. The lowest BCUT2D eigenvalue weighted by atomic mass is 10.1. The highest BCUT2D eigenvalue weighted by molar-refractivity contribution is 6.06. The van der Waals surface area contributed by atoms with E-state index in [1.807, 2.05) is 0 Å². The molecule has 1 aromatic heterocycles. The lowest BCUT2D eigenvalue weighted by Gasteiger charge is -2.07. The van der Waals surface area contributed by atoms with Gasteiger partial charge in [-0.1, -0.05) is 11.2 Å². The van der Waals surface area contributed by atoms with E-state index < -0.39 is 23.3 Å². The van der Waals surface area contributed by atoms with Gasteiger partial charge in [0.1, 0.15) is 11.4 Å². The number of hydrogen-bond acceptors (Lipinski definition) is 4. The lowest BCUT2D eigenvalue weighted by molar-refractivity contribution is 0.0693. The van der Waals surface area contributed by atoms with Crippen molar-refractivity contribution in [2.45, 2.75) is 0 Å². The molecule has 18 heavy (non-hydrogen) atoms. The largest absolute Gasteiger partial charge is 0.478 e. The first kappa shape index (κ1) is 11.8. The predicted molar refractivity (Wildman–Crippen MR) is 57.8 cm³/mol. The van der Waals surface area contributed by atoms with Crippen molar-refractivity contribution in [2.75, 3.05) is 5.32 Å². The Hall–Kier alpha value is -2.70. The molecule has 2 aromatic rings. The van der Waals surface area contributed by atoms with Gasteiger partial charge in [0.05, 0.1) is 11.9 Å². The maximum Gasteiger partial charge on any atom is 0.340 e. The van der Waals surface area contributed by atoms with Gasteiger partial charge in [0.15, 0.2) is 0 Å². The van der Waals surface area contributed by atoms with Crippen LogP contribution in [0.3, 0.4) is 0 Å². The number of nitrogens with one attached hydrogen (secondary N) is 1. The summed E-state index contributed by atoms with van der Waals surface area (Å²) in [6.45, 7) is 0. The third kappa shape index (κ3) is 2.19. The molecule has 0 fully saturated rings. The summed E-state index contributed by atoms with van der Waals surface area (Å²) in [5, 5.41) is 14.4. The Balaban J connectivity index is 2.32. The molecule has 92 valence electrons. The third-order valence-corrected chi connectivity index (χ3v) is 2.14. The maximum absolute atomic E-state index is 13.3. The van der Waals surface area contributed by atoms with Gasteiger partial charge in [-0.05, 0) is 12.1 Å². The van der Waals surface area contributed by atoms with E-state index in [1.165, 1.54) is 24.4 Å². The molecule has 0 unspecified atom stereocenters. The van der Waals surface area contributed by atoms with Crippen LogP contribution >= 0.6 is 0 Å². The molecule has 0 atom stereocenters. The van der Waals surface area contributed by atoms with Crippen molar-refractivity contribution < 1.29 is 23.6 Å². The molecule has 0 saturated carbocycles. The summed E-state index contributed by atoms with van der Waals surface area (Å²) in [4.78, 5) is 22.5. The molecule has 0 spiro atoms. The smallest absolute Gasteiger partial charge is 0.340 e. The number of anilines is 1. The van der Waals surface area contributed by atoms with E-state index in [0.29, 0.717) is 0 Å². The van der Waals surface area contributed by atoms with Crippen LogP contribution in [0.1, 0.15) is 20.9 Å². The molecule has 2 rings (SSSR count). The van der Waals surface area contributed by atoms with E-state index in [2.05, 4.69) is 15.0 Å². The van der Waals surface area contributed by atoms with Crippen LogP contribution in [0.15, 0.2) is 35.0 Å². The van der Waals surface area contributed by atoms with Crippen LogP contribution in [0.5, 0.6) is 0 Å². The normalized spacial score (nSPS) is 10.1. The number of carboxylic acid groups (broad SMARTS) is 1. The molecule has 0 radical (unpaired) electrons. The number of nitrogens with zero attached hydrogens (tertiary/aromatic N) is 1. The number of halogens is 1. The minimum atomic E-state index is -1.47. The van der Waals surface area contributed by atoms with E-state index in [0.717, 1.165) is 6.07 Å². The topological polar surface area (TPSA) is 92.4 Å². The maximum atomic E-state index is 13.3. The molecule has 1 heterocycles. The van der Waals surface area contributed by atoms with Crippen molar-refractivity contribution in [3.8, 4) is 0 Å². The number of aromatic nitrogens is 1. The Morgan fingerprint density at radius 3 is 2.72 bits per heavy atom. The van der Waals surface area contributed by atoms with Crippen molar-refractivity contribution in [1.29, 1.82) is 0 Å². The van der Waals surface area contributed by atoms with Crippen molar-refractivity contribution in [2.24, 2.45) is 0 Å². The standard InChI is InChI=1S/C11H7FN2O4/c12-6-2-1-3-7(9(6)11(16)17)14-10(15)8-4-5-13-18-8/h1-5H,(H,14,15)(H,16,17). The molecule has 0 aliphatic heterocycles. The molecule has 2 N–H and O–H groups in total.